The van der Waals surface area contributed by atoms with Gasteiger partial charge < -0.3 is 9.84 Å². The molecule has 0 unspecified atom stereocenters. The Morgan fingerprint density at radius 2 is 1.54 bits per heavy atom. The Morgan fingerprint density at radius 1 is 0.885 bits per heavy atom. The van der Waals surface area contributed by atoms with Crippen LogP contribution in [0.25, 0.3) is 11.1 Å². The van der Waals surface area contributed by atoms with Gasteiger partial charge in [-0.05, 0) is 41.5 Å². The second-order valence-corrected chi connectivity index (χ2v) is 6.19. The molecule has 0 amide bonds. The zero-order valence-corrected chi connectivity index (χ0v) is 14.8. The van der Waals surface area contributed by atoms with Gasteiger partial charge in [0.05, 0.1) is 7.11 Å². The molecular formula is C23H22O3. The molecule has 0 radical (unpaired) electrons. The lowest BCUT2D eigenvalue weighted by molar-refractivity contribution is 0.0598. The second-order valence-electron chi connectivity index (χ2n) is 6.19. The Hall–Kier alpha value is -3.07. The molecule has 0 spiro atoms. The van der Waals surface area contributed by atoms with Crippen molar-refractivity contribution in [1.82, 2.24) is 0 Å². The fourth-order valence-electron chi connectivity index (χ4n) is 3.13. The molecule has 0 aliphatic rings. The summed E-state index contributed by atoms with van der Waals surface area (Å²) >= 11 is 0. The zero-order chi connectivity index (χ0) is 18.4. The minimum absolute atomic E-state index is 0.0197. The molecular weight excluding hydrogens is 324 g/mol. The molecule has 3 aromatic rings. The summed E-state index contributed by atoms with van der Waals surface area (Å²) in [4.78, 5) is 12.3. The topological polar surface area (TPSA) is 46.5 Å². The molecule has 0 saturated heterocycles. The number of ether oxygens (including phenoxy) is 1. The van der Waals surface area contributed by atoms with E-state index in [9.17, 15) is 9.90 Å². The Labute approximate surface area is 153 Å². The average molecular weight is 346 g/mol. The zero-order valence-electron chi connectivity index (χ0n) is 14.8. The summed E-state index contributed by atoms with van der Waals surface area (Å²) in [5, 5.41) is 10.7. The number of aryl methyl sites for hydroxylation is 2. The molecule has 3 heteroatoms. The molecule has 3 nitrogen and oxygen atoms in total. The second kappa shape index (κ2) is 8.34. The van der Waals surface area contributed by atoms with Crippen molar-refractivity contribution in [2.45, 2.75) is 19.3 Å². The normalized spacial score (nSPS) is 10.5. The molecule has 0 aromatic heterocycles. The lowest BCUT2D eigenvalue weighted by atomic mass is 9.94. The third-order valence-electron chi connectivity index (χ3n) is 4.49. The molecule has 0 heterocycles. The van der Waals surface area contributed by atoms with Crippen molar-refractivity contribution in [2.24, 2.45) is 0 Å². The van der Waals surface area contributed by atoms with Crippen molar-refractivity contribution >= 4 is 5.97 Å². The van der Waals surface area contributed by atoms with Crippen molar-refractivity contribution in [3.05, 3.63) is 89.5 Å². The Morgan fingerprint density at radius 3 is 2.19 bits per heavy atom. The number of benzene rings is 3. The van der Waals surface area contributed by atoms with Crippen LogP contribution in [0.5, 0.6) is 5.75 Å². The van der Waals surface area contributed by atoms with Crippen LogP contribution >= 0.6 is 0 Å². The standard InChI is InChI=1S/C23H22O3/c1-26-23(25)21-20(18-12-6-3-7-13-18)16-15-19(22(21)24)14-8-11-17-9-4-2-5-10-17/h2-7,9-10,12-13,15-16,24H,8,11,14H2,1H3. The number of hydrogen-bond acceptors (Lipinski definition) is 3. The van der Waals surface area contributed by atoms with Crippen LogP contribution in [0.3, 0.4) is 0 Å². The highest BCUT2D eigenvalue weighted by Crippen LogP contribution is 2.34. The Bertz CT molecular complexity index is 871. The summed E-state index contributed by atoms with van der Waals surface area (Å²) in [5.41, 5.74) is 3.82. The molecule has 0 saturated carbocycles. The van der Waals surface area contributed by atoms with Gasteiger partial charge in [0.2, 0.25) is 0 Å². The number of esters is 1. The van der Waals surface area contributed by atoms with Crippen LogP contribution in [0, 0.1) is 0 Å². The summed E-state index contributed by atoms with van der Waals surface area (Å²) in [7, 11) is 1.33. The van der Waals surface area contributed by atoms with Crippen LogP contribution in [-0.2, 0) is 17.6 Å². The molecule has 0 aliphatic carbocycles. The molecule has 3 rings (SSSR count). The van der Waals surface area contributed by atoms with Gasteiger partial charge in [0.1, 0.15) is 11.3 Å². The summed E-state index contributed by atoms with van der Waals surface area (Å²) in [6, 6.07) is 23.6. The molecule has 0 atom stereocenters. The lowest BCUT2D eigenvalue weighted by Gasteiger charge is -2.14. The first kappa shape index (κ1) is 17.7. The van der Waals surface area contributed by atoms with Gasteiger partial charge in [-0.25, -0.2) is 4.79 Å². The average Bonchev–Trinajstić information content (AvgIpc) is 2.70. The van der Waals surface area contributed by atoms with Gasteiger partial charge in [0.25, 0.3) is 0 Å². The number of hydrogen-bond donors (Lipinski definition) is 1. The smallest absolute Gasteiger partial charge is 0.342 e. The lowest BCUT2D eigenvalue weighted by Crippen LogP contribution is -2.06. The van der Waals surface area contributed by atoms with Gasteiger partial charge in [-0.15, -0.1) is 0 Å². The maximum absolute atomic E-state index is 12.3. The van der Waals surface area contributed by atoms with Gasteiger partial charge >= 0.3 is 5.97 Å². The molecule has 1 N–H and O–H groups in total. The van der Waals surface area contributed by atoms with E-state index in [0.717, 1.165) is 24.0 Å². The van der Waals surface area contributed by atoms with Crippen LogP contribution in [0.2, 0.25) is 0 Å². The highest BCUT2D eigenvalue weighted by Gasteiger charge is 2.20. The van der Waals surface area contributed by atoms with E-state index in [4.69, 9.17) is 4.74 Å². The Balaban J connectivity index is 1.87. The van der Waals surface area contributed by atoms with Crippen molar-refractivity contribution in [2.75, 3.05) is 7.11 Å². The van der Waals surface area contributed by atoms with E-state index >= 15 is 0 Å². The van der Waals surface area contributed by atoms with E-state index in [-0.39, 0.29) is 11.3 Å². The van der Waals surface area contributed by atoms with Gasteiger partial charge in [-0.3, -0.25) is 0 Å². The number of carbonyl (C=O) groups excluding carboxylic acids is 1. The minimum Gasteiger partial charge on any atom is -0.507 e. The van der Waals surface area contributed by atoms with E-state index in [1.165, 1.54) is 12.7 Å². The quantitative estimate of drug-likeness (QED) is 0.637. The summed E-state index contributed by atoms with van der Waals surface area (Å²) < 4.78 is 4.91. The Kier molecular flexibility index (Phi) is 5.69. The van der Waals surface area contributed by atoms with Crippen LogP contribution in [0.1, 0.15) is 27.9 Å². The van der Waals surface area contributed by atoms with Gasteiger partial charge in [0.15, 0.2) is 0 Å². The fraction of sp³-hybridized carbons (Fsp3) is 0.174. The number of rotatable bonds is 6. The van der Waals surface area contributed by atoms with Gasteiger partial charge in [-0.2, -0.15) is 0 Å². The number of phenols is 1. The predicted molar refractivity (Wildman–Crippen MR) is 103 cm³/mol. The molecule has 26 heavy (non-hydrogen) atoms. The van der Waals surface area contributed by atoms with E-state index in [0.29, 0.717) is 12.0 Å². The van der Waals surface area contributed by atoms with Crippen LogP contribution in [0.15, 0.2) is 72.8 Å². The summed E-state index contributed by atoms with van der Waals surface area (Å²) in [5.74, 6) is -0.502. The van der Waals surface area contributed by atoms with E-state index < -0.39 is 5.97 Å². The first-order chi connectivity index (χ1) is 12.7. The first-order valence-electron chi connectivity index (χ1n) is 8.73. The molecule has 0 bridgehead atoms. The van der Waals surface area contributed by atoms with Crippen molar-refractivity contribution in [3.63, 3.8) is 0 Å². The van der Waals surface area contributed by atoms with Gasteiger partial charge in [0, 0.05) is 0 Å². The highest BCUT2D eigenvalue weighted by molar-refractivity contribution is 6.00. The van der Waals surface area contributed by atoms with Crippen LogP contribution < -0.4 is 0 Å². The highest BCUT2D eigenvalue weighted by atomic mass is 16.5. The van der Waals surface area contributed by atoms with E-state index in [1.807, 2.05) is 60.7 Å². The largest absolute Gasteiger partial charge is 0.507 e. The van der Waals surface area contributed by atoms with Crippen LogP contribution in [-0.4, -0.2) is 18.2 Å². The molecule has 132 valence electrons. The summed E-state index contributed by atoms with van der Waals surface area (Å²) in [6.45, 7) is 0. The number of carbonyl (C=O) groups is 1. The maximum Gasteiger partial charge on any atom is 0.342 e. The molecule has 3 aromatic carbocycles. The SMILES string of the molecule is COC(=O)c1c(-c2ccccc2)ccc(CCCc2ccccc2)c1O. The van der Waals surface area contributed by atoms with Crippen molar-refractivity contribution < 1.29 is 14.6 Å². The van der Waals surface area contributed by atoms with Crippen molar-refractivity contribution in [1.29, 1.82) is 0 Å². The first-order valence-corrected chi connectivity index (χ1v) is 8.73. The predicted octanol–water partition coefficient (Wildman–Crippen LogP) is 5.02. The molecule has 0 aliphatic heterocycles. The number of aromatic hydroxyl groups is 1. The third-order valence-corrected chi connectivity index (χ3v) is 4.49. The van der Waals surface area contributed by atoms with E-state index in [2.05, 4.69) is 12.1 Å². The third kappa shape index (κ3) is 3.94. The fourth-order valence-corrected chi connectivity index (χ4v) is 3.13. The van der Waals surface area contributed by atoms with E-state index in [1.54, 1.807) is 0 Å². The monoisotopic (exact) mass is 346 g/mol. The van der Waals surface area contributed by atoms with Crippen molar-refractivity contribution in [3.8, 4) is 16.9 Å². The van der Waals surface area contributed by atoms with Gasteiger partial charge in [-0.1, -0.05) is 72.8 Å². The summed E-state index contributed by atoms with van der Waals surface area (Å²) in [6.07, 6.45) is 2.51. The number of phenolic OH excluding ortho intramolecular Hbond substituents is 1. The molecule has 0 fully saturated rings. The minimum atomic E-state index is -0.522. The van der Waals surface area contributed by atoms with Crippen LogP contribution in [0.4, 0.5) is 0 Å². The number of methoxy groups -OCH3 is 1. The maximum atomic E-state index is 12.3.